The molecule has 0 bridgehead atoms. The summed E-state index contributed by atoms with van der Waals surface area (Å²) in [6.07, 6.45) is 0. The van der Waals surface area contributed by atoms with E-state index in [1.54, 1.807) is 72.8 Å². The highest BCUT2D eigenvalue weighted by molar-refractivity contribution is 8.15. The average molecular weight is 607 g/mol. The fourth-order valence-electron chi connectivity index (χ4n) is 4.41. The predicted octanol–water partition coefficient (Wildman–Crippen LogP) is 5.75. The van der Waals surface area contributed by atoms with E-state index in [-0.39, 0.29) is 35.4 Å². The lowest BCUT2D eigenvalue weighted by Crippen LogP contribution is -2.34. The Labute approximate surface area is 252 Å². The lowest BCUT2D eigenvalue weighted by Gasteiger charge is -2.17. The third-order valence-corrected chi connectivity index (χ3v) is 8.44. The highest BCUT2D eigenvalue weighted by Crippen LogP contribution is 2.32. The van der Waals surface area contributed by atoms with Gasteiger partial charge in [0.15, 0.2) is 10.7 Å². The number of imide groups is 2. The Morgan fingerprint density at radius 3 is 1.29 bits per heavy atom. The second-order valence-electron chi connectivity index (χ2n) is 9.40. The van der Waals surface area contributed by atoms with Crippen molar-refractivity contribution in [3.63, 3.8) is 0 Å². The Bertz CT molecular complexity index is 1340. The van der Waals surface area contributed by atoms with Crippen LogP contribution < -0.4 is 20.1 Å². The second-order valence-corrected chi connectivity index (χ2v) is 11.5. The summed E-state index contributed by atoms with van der Waals surface area (Å²) in [5.74, 6) is 0.818. The lowest BCUT2D eigenvalue weighted by molar-refractivity contribution is -0.127. The highest BCUT2D eigenvalue weighted by Gasteiger charge is 2.41. The molecule has 0 aromatic heterocycles. The van der Waals surface area contributed by atoms with Gasteiger partial charge in [-0.2, -0.15) is 0 Å². The van der Waals surface area contributed by atoms with Gasteiger partial charge in [-0.25, -0.2) is 0 Å². The summed E-state index contributed by atoms with van der Waals surface area (Å²) < 4.78 is 10.9. The minimum atomic E-state index is -0.719. The van der Waals surface area contributed by atoms with Gasteiger partial charge in [-0.05, 0) is 97.0 Å². The van der Waals surface area contributed by atoms with Crippen molar-refractivity contribution in [3.05, 3.63) is 83.9 Å². The van der Waals surface area contributed by atoms with E-state index in [1.165, 1.54) is 9.80 Å². The van der Waals surface area contributed by atoms with E-state index in [0.717, 1.165) is 46.1 Å². The van der Waals surface area contributed by atoms with Crippen LogP contribution in [0.5, 0.6) is 11.5 Å². The van der Waals surface area contributed by atoms with Crippen LogP contribution in [0.1, 0.15) is 25.0 Å². The summed E-state index contributed by atoms with van der Waals surface area (Å²) in [6, 6.07) is 21.6. The smallest absolute Gasteiger partial charge is 0.291 e. The minimum absolute atomic E-state index is 0.123. The molecule has 42 heavy (non-hydrogen) atoms. The van der Waals surface area contributed by atoms with Crippen LogP contribution in [0.25, 0.3) is 0 Å². The maximum atomic E-state index is 13.0. The van der Waals surface area contributed by atoms with E-state index in [2.05, 4.69) is 10.6 Å². The van der Waals surface area contributed by atoms with Crippen LogP contribution in [0.2, 0.25) is 0 Å². The average Bonchev–Trinajstić information content (AvgIpc) is 3.40. The number of ether oxygens (including phenoxy) is 2. The van der Waals surface area contributed by atoms with E-state index >= 15 is 0 Å². The summed E-state index contributed by atoms with van der Waals surface area (Å²) >= 11 is 1.88. The Morgan fingerprint density at radius 2 is 0.952 bits per heavy atom. The van der Waals surface area contributed by atoms with Gasteiger partial charge >= 0.3 is 0 Å². The third kappa shape index (κ3) is 6.82. The molecule has 2 fully saturated rings. The number of thioether (sulfide) groups is 2. The normalized spacial score (nSPS) is 18.5. The van der Waals surface area contributed by atoms with Crippen LogP contribution >= 0.6 is 23.5 Å². The first-order chi connectivity index (χ1) is 20.3. The van der Waals surface area contributed by atoms with Gasteiger partial charge in [0.1, 0.15) is 11.5 Å². The summed E-state index contributed by atoms with van der Waals surface area (Å²) in [4.78, 5) is 53.6. The summed E-state index contributed by atoms with van der Waals surface area (Å²) in [5.41, 5.74) is 2.94. The number of hydrogen-bond acceptors (Lipinski definition) is 10. The molecule has 3 aromatic rings. The molecule has 0 unspecified atom stereocenters. The van der Waals surface area contributed by atoms with Gasteiger partial charge in [-0.3, -0.25) is 29.0 Å². The van der Waals surface area contributed by atoms with E-state index in [9.17, 15) is 19.2 Å². The molecule has 218 valence electrons. The van der Waals surface area contributed by atoms with Crippen LogP contribution in [0.3, 0.4) is 0 Å². The topological polar surface area (TPSA) is 117 Å². The second kappa shape index (κ2) is 13.2. The SMILES string of the molecule is CCOc1ccc(N[C@@H]2SC(=O)N(Cc3ccc(CN4C(=O)S[C@@H](Nc5ccc(OCC)cc5)C4=O)cc3)C2=O)cc1. The standard InChI is InChI=1S/C30H30N4O6S2/c1-3-39-23-13-9-21(10-14-23)31-25-27(35)33(29(37)41-25)17-19-5-7-20(8-6-19)18-34-28(36)26(42-30(34)38)32-22-11-15-24(16-12-22)40-4-2/h5-16,25-26,31-32H,3-4,17-18H2,1-2H3/t25-,26-/m1/s1. The molecular weight excluding hydrogens is 576 g/mol. The minimum Gasteiger partial charge on any atom is -0.494 e. The lowest BCUT2D eigenvalue weighted by atomic mass is 10.1. The van der Waals surface area contributed by atoms with Gasteiger partial charge in [0.25, 0.3) is 22.3 Å². The number of benzene rings is 3. The maximum Gasteiger partial charge on any atom is 0.291 e. The van der Waals surface area contributed by atoms with E-state index < -0.39 is 10.7 Å². The first-order valence-corrected chi connectivity index (χ1v) is 15.2. The molecule has 3 aromatic carbocycles. The zero-order valence-electron chi connectivity index (χ0n) is 23.1. The van der Waals surface area contributed by atoms with Crippen molar-refractivity contribution < 1.29 is 28.7 Å². The quantitative estimate of drug-likeness (QED) is 0.264. The summed E-state index contributed by atoms with van der Waals surface area (Å²) in [6.45, 7) is 5.18. The fourth-order valence-corrected chi connectivity index (χ4v) is 6.22. The first kappa shape index (κ1) is 29.3. The Morgan fingerprint density at radius 1 is 0.595 bits per heavy atom. The Kier molecular flexibility index (Phi) is 9.23. The van der Waals surface area contributed by atoms with E-state index in [1.807, 2.05) is 13.8 Å². The summed E-state index contributed by atoms with van der Waals surface area (Å²) in [5, 5.41) is 4.11. The number of carbonyl (C=O) groups excluding carboxylic acids is 4. The molecule has 0 saturated carbocycles. The zero-order chi connectivity index (χ0) is 29.6. The van der Waals surface area contributed by atoms with Gasteiger partial charge in [0.2, 0.25) is 0 Å². The molecule has 12 heteroatoms. The van der Waals surface area contributed by atoms with Crippen LogP contribution in [-0.4, -0.2) is 56.1 Å². The monoisotopic (exact) mass is 606 g/mol. The van der Waals surface area contributed by atoms with E-state index in [4.69, 9.17) is 9.47 Å². The van der Waals surface area contributed by atoms with Crippen LogP contribution in [0.15, 0.2) is 72.8 Å². The molecule has 5 rings (SSSR count). The molecule has 2 aliphatic rings. The largest absolute Gasteiger partial charge is 0.494 e. The Balaban J connectivity index is 1.15. The molecule has 2 heterocycles. The summed E-state index contributed by atoms with van der Waals surface area (Å²) in [7, 11) is 0. The van der Waals surface area contributed by atoms with Gasteiger partial charge in [-0.15, -0.1) is 0 Å². The van der Waals surface area contributed by atoms with Crippen molar-refractivity contribution in [2.75, 3.05) is 23.8 Å². The number of amides is 4. The molecule has 2 aliphatic heterocycles. The van der Waals surface area contributed by atoms with Crippen molar-refractivity contribution in [3.8, 4) is 11.5 Å². The fraction of sp³-hybridized carbons (Fsp3) is 0.267. The van der Waals surface area contributed by atoms with Gasteiger partial charge in [-0.1, -0.05) is 24.3 Å². The van der Waals surface area contributed by atoms with Crippen LogP contribution in [0, 0.1) is 0 Å². The maximum absolute atomic E-state index is 13.0. The Hall–Kier alpha value is -4.16. The number of hydrogen-bond donors (Lipinski definition) is 2. The number of carbonyl (C=O) groups is 4. The van der Waals surface area contributed by atoms with Gasteiger partial charge in [0.05, 0.1) is 26.3 Å². The molecular formula is C30H30N4O6S2. The van der Waals surface area contributed by atoms with Gasteiger partial charge < -0.3 is 20.1 Å². The van der Waals surface area contributed by atoms with Crippen LogP contribution in [-0.2, 0) is 22.7 Å². The third-order valence-electron chi connectivity index (χ3n) is 6.49. The number of nitrogens with zero attached hydrogens (tertiary/aromatic N) is 2. The molecule has 0 radical (unpaired) electrons. The van der Waals surface area contributed by atoms with Crippen LogP contribution in [0.4, 0.5) is 21.0 Å². The number of anilines is 2. The molecule has 4 amide bonds. The van der Waals surface area contributed by atoms with Crippen molar-refractivity contribution in [2.24, 2.45) is 0 Å². The zero-order valence-corrected chi connectivity index (χ0v) is 24.7. The van der Waals surface area contributed by atoms with Crippen molar-refractivity contribution in [1.82, 2.24) is 9.80 Å². The number of rotatable bonds is 12. The first-order valence-electron chi connectivity index (χ1n) is 13.4. The predicted molar refractivity (Wildman–Crippen MR) is 164 cm³/mol. The van der Waals surface area contributed by atoms with E-state index in [0.29, 0.717) is 24.6 Å². The molecule has 2 N–H and O–H groups in total. The van der Waals surface area contributed by atoms with Gasteiger partial charge in [0, 0.05) is 11.4 Å². The molecule has 0 spiro atoms. The van der Waals surface area contributed by atoms with Crippen molar-refractivity contribution >= 4 is 57.2 Å². The van der Waals surface area contributed by atoms with Crippen molar-refractivity contribution in [2.45, 2.75) is 37.7 Å². The number of nitrogens with one attached hydrogen (secondary N) is 2. The molecule has 2 atom stereocenters. The molecule has 10 nitrogen and oxygen atoms in total. The highest BCUT2D eigenvalue weighted by atomic mass is 32.2. The molecule has 0 aliphatic carbocycles. The van der Waals surface area contributed by atoms with Crippen molar-refractivity contribution in [1.29, 1.82) is 0 Å². The molecule has 2 saturated heterocycles.